The number of furan rings is 1. The molecule has 0 aliphatic rings. The Morgan fingerprint density at radius 3 is 2.43 bits per heavy atom. The van der Waals surface area contributed by atoms with Gasteiger partial charge in [0.05, 0.1) is 26.5 Å². The Kier molecular flexibility index (Phi) is 6.83. The van der Waals surface area contributed by atoms with Crippen LogP contribution in [0.3, 0.4) is 0 Å². The Balaban J connectivity index is 2.39. The molecule has 0 aliphatic heterocycles. The fourth-order valence-electron chi connectivity index (χ4n) is 3.48. The van der Waals surface area contributed by atoms with Crippen molar-refractivity contribution in [1.82, 2.24) is 9.47 Å². The molecule has 28 heavy (non-hydrogen) atoms. The third-order valence-corrected chi connectivity index (χ3v) is 4.81. The van der Waals surface area contributed by atoms with Gasteiger partial charge in [-0.1, -0.05) is 13.8 Å². The van der Waals surface area contributed by atoms with Crippen molar-refractivity contribution in [3.8, 4) is 0 Å². The van der Waals surface area contributed by atoms with Crippen molar-refractivity contribution in [1.29, 1.82) is 0 Å². The first-order valence-corrected chi connectivity index (χ1v) is 9.35. The summed E-state index contributed by atoms with van der Waals surface area (Å²) >= 11 is 0. The smallest absolute Gasteiger partial charge is 0.354 e. The van der Waals surface area contributed by atoms with E-state index in [1.54, 1.807) is 44.4 Å². The van der Waals surface area contributed by atoms with Gasteiger partial charge in [0, 0.05) is 23.7 Å². The number of esters is 1. The normalized spacial score (nSPS) is 11.0. The molecule has 0 unspecified atom stereocenters. The van der Waals surface area contributed by atoms with Crippen molar-refractivity contribution >= 4 is 17.7 Å². The molecular weight excluding hydrogens is 360 g/mol. The van der Waals surface area contributed by atoms with Crippen LogP contribution in [0.25, 0.3) is 0 Å². The van der Waals surface area contributed by atoms with Gasteiger partial charge in [-0.25, -0.2) is 4.79 Å². The standard InChI is InChI=1S/C21H28N2O5/c1-7-23-15(5)18(14(4)19(23)21(26)27-6)17(24)12-22(20(25)13(2)3)11-16-9-8-10-28-16/h8-10,13H,7,11-12H2,1-6H3. The summed E-state index contributed by atoms with van der Waals surface area (Å²) in [6, 6.07) is 3.51. The topological polar surface area (TPSA) is 81.8 Å². The summed E-state index contributed by atoms with van der Waals surface area (Å²) in [4.78, 5) is 39.5. The number of aromatic nitrogens is 1. The zero-order valence-electron chi connectivity index (χ0n) is 17.4. The number of methoxy groups -OCH3 is 1. The number of ether oxygens (including phenoxy) is 1. The highest BCUT2D eigenvalue weighted by molar-refractivity contribution is 6.04. The Hall–Kier alpha value is -2.83. The molecule has 0 atom stereocenters. The molecule has 2 aromatic heterocycles. The van der Waals surface area contributed by atoms with Gasteiger partial charge in [-0.05, 0) is 38.5 Å². The largest absolute Gasteiger partial charge is 0.467 e. The molecule has 2 aromatic rings. The van der Waals surface area contributed by atoms with E-state index in [-0.39, 0.29) is 30.7 Å². The fraction of sp³-hybridized carbons (Fsp3) is 0.476. The van der Waals surface area contributed by atoms with E-state index in [0.29, 0.717) is 34.8 Å². The van der Waals surface area contributed by atoms with E-state index in [0.717, 1.165) is 0 Å². The van der Waals surface area contributed by atoms with Gasteiger partial charge >= 0.3 is 5.97 Å². The highest BCUT2D eigenvalue weighted by Gasteiger charge is 2.29. The molecule has 152 valence electrons. The monoisotopic (exact) mass is 388 g/mol. The second-order valence-electron chi connectivity index (χ2n) is 7.02. The van der Waals surface area contributed by atoms with Crippen LogP contribution in [0.5, 0.6) is 0 Å². The van der Waals surface area contributed by atoms with Gasteiger partial charge in [0.2, 0.25) is 5.91 Å². The molecule has 1 amide bonds. The summed E-state index contributed by atoms with van der Waals surface area (Å²) in [5, 5.41) is 0. The zero-order valence-corrected chi connectivity index (χ0v) is 17.4. The van der Waals surface area contributed by atoms with Crippen LogP contribution in [0, 0.1) is 19.8 Å². The number of hydrogen-bond acceptors (Lipinski definition) is 5. The van der Waals surface area contributed by atoms with Crippen LogP contribution < -0.4 is 0 Å². The summed E-state index contributed by atoms with van der Waals surface area (Å²) < 4.78 is 12.0. The first-order chi connectivity index (χ1) is 13.2. The Morgan fingerprint density at radius 2 is 1.93 bits per heavy atom. The molecular formula is C21H28N2O5. The lowest BCUT2D eigenvalue weighted by Crippen LogP contribution is -2.38. The number of rotatable bonds is 8. The molecule has 0 saturated carbocycles. The molecule has 0 radical (unpaired) electrons. The Bertz CT molecular complexity index is 862. The molecule has 0 saturated heterocycles. The number of Topliss-reactive ketones (excluding diaryl/α,β-unsaturated/α-hetero) is 1. The molecule has 0 bridgehead atoms. The third-order valence-electron chi connectivity index (χ3n) is 4.81. The van der Waals surface area contributed by atoms with Gasteiger partial charge in [-0.2, -0.15) is 0 Å². The molecule has 7 heteroatoms. The fourth-order valence-corrected chi connectivity index (χ4v) is 3.48. The quantitative estimate of drug-likeness (QED) is 0.511. The second kappa shape index (κ2) is 8.91. The van der Waals surface area contributed by atoms with Crippen LogP contribution in [0.15, 0.2) is 22.8 Å². The summed E-state index contributed by atoms with van der Waals surface area (Å²) in [7, 11) is 1.32. The number of carbonyl (C=O) groups excluding carboxylic acids is 3. The first kappa shape index (κ1) is 21.5. The van der Waals surface area contributed by atoms with Crippen LogP contribution in [-0.4, -0.2) is 40.8 Å². The number of nitrogens with zero attached hydrogens (tertiary/aromatic N) is 2. The van der Waals surface area contributed by atoms with Crippen molar-refractivity contribution in [2.45, 2.75) is 47.7 Å². The minimum Gasteiger partial charge on any atom is -0.467 e. The van der Waals surface area contributed by atoms with Gasteiger partial charge in [0.25, 0.3) is 0 Å². The maximum absolute atomic E-state index is 13.2. The maximum Gasteiger partial charge on any atom is 0.354 e. The van der Waals surface area contributed by atoms with Gasteiger partial charge < -0.3 is 18.6 Å². The number of amides is 1. The lowest BCUT2D eigenvalue weighted by atomic mass is 10.0. The van der Waals surface area contributed by atoms with Crippen LogP contribution >= 0.6 is 0 Å². The molecule has 0 aromatic carbocycles. The van der Waals surface area contributed by atoms with E-state index in [1.165, 1.54) is 18.3 Å². The van der Waals surface area contributed by atoms with Gasteiger partial charge in [-0.15, -0.1) is 0 Å². The number of carbonyl (C=O) groups is 3. The summed E-state index contributed by atoms with van der Waals surface area (Å²) in [5.74, 6) is -0.476. The van der Waals surface area contributed by atoms with Crippen LogP contribution in [-0.2, 0) is 22.6 Å². The third kappa shape index (κ3) is 4.18. The van der Waals surface area contributed by atoms with Crippen molar-refractivity contribution < 1.29 is 23.5 Å². The highest BCUT2D eigenvalue weighted by Crippen LogP contribution is 2.24. The van der Waals surface area contributed by atoms with Crippen LogP contribution in [0.2, 0.25) is 0 Å². The van der Waals surface area contributed by atoms with E-state index in [9.17, 15) is 14.4 Å². The van der Waals surface area contributed by atoms with E-state index in [1.807, 2.05) is 6.92 Å². The SMILES string of the molecule is CCn1c(C)c(C(=O)CN(Cc2ccco2)C(=O)C(C)C)c(C)c1C(=O)OC. The molecule has 0 aliphatic carbocycles. The van der Waals surface area contributed by atoms with Gasteiger partial charge in [0.15, 0.2) is 5.78 Å². The number of hydrogen-bond donors (Lipinski definition) is 0. The van der Waals surface area contributed by atoms with Crippen LogP contribution in [0.1, 0.15) is 58.6 Å². The van der Waals surface area contributed by atoms with Crippen molar-refractivity contribution in [2.24, 2.45) is 5.92 Å². The summed E-state index contributed by atoms with van der Waals surface area (Å²) in [6.45, 7) is 9.68. The zero-order chi connectivity index (χ0) is 21.0. The average molecular weight is 388 g/mol. The van der Waals surface area contributed by atoms with E-state index in [4.69, 9.17) is 9.15 Å². The first-order valence-electron chi connectivity index (χ1n) is 9.35. The second-order valence-corrected chi connectivity index (χ2v) is 7.02. The van der Waals surface area contributed by atoms with E-state index >= 15 is 0 Å². The highest BCUT2D eigenvalue weighted by atomic mass is 16.5. The molecule has 2 rings (SSSR count). The minimum atomic E-state index is -0.479. The lowest BCUT2D eigenvalue weighted by molar-refractivity contribution is -0.134. The molecule has 7 nitrogen and oxygen atoms in total. The molecule has 0 spiro atoms. The lowest BCUT2D eigenvalue weighted by Gasteiger charge is -2.23. The average Bonchev–Trinajstić information content (AvgIpc) is 3.25. The van der Waals surface area contributed by atoms with E-state index < -0.39 is 5.97 Å². The van der Waals surface area contributed by atoms with E-state index in [2.05, 4.69) is 0 Å². The Labute approximate surface area is 165 Å². The van der Waals surface area contributed by atoms with Gasteiger partial charge in [0.1, 0.15) is 11.5 Å². The molecule has 0 fully saturated rings. The van der Waals surface area contributed by atoms with Crippen molar-refractivity contribution in [3.63, 3.8) is 0 Å². The Morgan fingerprint density at radius 1 is 1.25 bits per heavy atom. The predicted octanol–water partition coefficient (Wildman–Crippen LogP) is 3.37. The molecule has 0 N–H and O–H groups in total. The maximum atomic E-state index is 13.2. The van der Waals surface area contributed by atoms with Crippen molar-refractivity contribution in [2.75, 3.05) is 13.7 Å². The minimum absolute atomic E-state index is 0.0896. The summed E-state index contributed by atoms with van der Waals surface area (Å²) in [6.07, 6.45) is 1.54. The summed E-state index contributed by atoms with van der Waals surface area (Å²) in [5.41, 5.74) is 2.10. The van der Waals surface area contributed by atoms with Crippen molar-refractivity contribution in [3.05, 3.63) is 46.7 Å². The predicted molar refractivity (Wildman–Crippen MR) is 104 cm³/mol. The number of ketones is 1. The molecule has 2 heterocycles. The van der Waals surface area contributed by atoms with Crippen LogP contribution in [0.4, 0.5) is 0 Å². The van der Waals surface area contributed by atoms with Gasteiger partial charge in [-0.3, -0.25) is 9.59 Å².